The number of rotatable bonds is 12. The van der Waals surface area contributed by atoms with Crippen LogP contribution in [0.5, 0.6) is 0 Å². The van der Waals surface area contributed by atoms with E-state index in [2.05, 4.69) is 31.2 Å². The average molecular weight is 861 g/mol. The number of carbonyl (C=O) groups is 4. The third kappa shape index (κ3) is 9.83. The lowest BCUT2D eigenvalue weighted by atomic mass is 10.0. The highest BCUT2D eigenvalue weighted by molar-refractivity contribution is 6.12. The molecular weight excluding hydrogens is 821 g/mol. The van der Waals surface area contributed by atoms with Crippen molar-refractivity contribution in [2.45, 2.75) is 0 Å². The summed E-state index contributed by atoms with van der Waals surface area (Å²) in [5, 5.41) is 11.2. The molecule has 0 atom stereocenters. The molecule has 9 rings (SSSR count). The zero-order chi connectivity index (χ0) is 45.2. The van der Waals surface area contributed by atoms with Crippen LogP contribution in [0.25, 0.3) is 44.5 Å². The van der Waals surface area contributed by atoms with Gasteiger partial charge in [-0.1, -0.05) is 170 Å². The van der Waals surface area contributed by atoms with E-state index in [1.54, 1.807) is 48.5 Å². The van der Waals surface area contributed by atoms with E-state index < -0.39 is 23.6 Å². The molecule has 1 heterocycles. The van der Waals surface area contributed by atoms with Crippen molar-refractivity contribution in [1.82, 2.24) is 9.97 Å². The first-order valence-electron chi connectivity index (χ1n) is 21.1. The van der Waals surface area contributed by atoms with E-state index in [-0.39, 0.29) is 23.3 Å². The van der Waals surface area contributed by atoms with E-state index in [1.165, 1.54) is 0 Å². The predicted molar refractivity (Wildman–Crippen MR) is 261 cm³/mol. The minimum absolute atomic E-state index is 0.179. The van der Waals surface area contributed by atoms with Crippen LogP contribution in [0.4, 0.5) is 23.3 Å². The summed E-state index contributed by atoms with van der Waals surface area (Å²) in [7, 11) is 0. The van der Waals surface area contributed by atoms with Gasteiger partial charge in [-0.3, -0.25) is 19.2 Å². The molecule has 0 saturated carbocycles. The summed E-state index contributed by atoms with van der Waals surface area (Å²) in [6.45, 7) is 0. The fourth-order valence-corrected chi connectivity index (χ4v) is 7.28. The van der Waals surface area contributed by atoms with Gasteiger partial charge in [-0.25, -0.2) is 9.97 Å². The summed E-state index contributed by atoms with van der Waals surface area (Å²) in [6.07, 6.45) is 0. The van der Waals surface area contributed by atoms with Crippen LogP contribution in [-0.4, -0.2) is 33.6 Å². The van der Waals surface area contributed by atoms with Crippen molar-refractivity contribution in [1.29, 1.82) is 0 Å². The Balaban J connectivity index is 1.07. The van der Waals surface area contributed by atoms with Gasteiger partial charge in [0.15, 0.2) is 23.3 Å². The third-order valence-electron chi connectivity index (χ3n) is 10.8. The van der Waals surface area contributed by atoms with E-state index in [0.717, 1.165) is 44.5 Å². The van der Waals surface area contributed by atoms with Gasteiger partial charge in [0, 0.05) is 22.3 Å². The smallest absolute Gasteiger partial charge is 0.256 e. The van der Waals surface area contributed by atoms with Crippen LogP contribution in [0.3, 0.4) is 0 Å². The first-order valence-corrected chi connectivity index (χ1v) is 21.1. The molecule has 66 heavy (non-hydrogen) atoms. The number of carbonyl (C=O) groups excluding carboxylic acids is 4. The molecule has 9 aromatic rings. The van der Waals surface area contributed by atoms with E-state index in [0.29, 0.717) is 22.3 Å². The van der Waals surface area contributed by atoms with Gasteiger partial charge in [0.05, 0.1) is 0 Å². The van der Waals surface area contributed by atoms with Crippen molar-refractivity contribution in [3.63, 3.8) is 0 Å². The minimum atomic E-state index is -0.560. The molecule has 8 aromatic carbocycles. The van der Waals surface area contributed by atoms with Gasteiger partial charge in [0.25, 0.3) is 23.6 Å². The Labute approximate surface area is 381 Å². The predicted octanol–water partition coefficient (Wildman–Crippen LogP) is 12.2. The van der Waals surface area contributed by atoms with Crippen molar-refractivity contribution < 1.29 is 19.2 Å². The quantitative estimate of drug-likeness (QED) is 0.0963. The summed E-state index contributed by atoms with van der Waals surface area (Å²) >= 11 is 0. The van der Waals surface area contributed by atoms with Crippen LogP contribution in [0.1, 0.15) is 41.4 Å². The first kappa shape index (κ1) is 42.0. The molecule has 0 radical (unpaired) electrons. The first-order chi connectivity index (χ1) is 32.3. The summed E-state index contributed by atoms with van der Waals surface area (Å²) in [5.41, 5.74) is 8.77. The second-order valence-corrected chi connectivity index (χ2v) is 15.2. The van der Waals surface area contributed by atoms with Crippen molar-refractivity contribution in [3.05, 3.63) is 241 Å². The Morgan fingerprint density at radius 1 is 0.227 bits per heavy atom. The molecule has 0 aliphatic heterocycles. The largest absolute Gasteiger partial charge is 0.303 e. The number of hydrogen-bond acceptors (Lipinski definition) is 6. The lowest BCUT2D eigenvalue weighted by Gasteiger charge is -2.17. The molecular formula is C56H40N6O4. The number of anilines is 4. The SMILES string of the molecule is O=C(Nc1nc(NC(=O)c2ccc(-c3ccccc3)cc2)c(NC(=O)c2ccc(-c3ccccc3)cc2)nc1NC(=O)c1ccc(-c2ccccc2)cc1)c1ccc(-c2ccccc2)cc1. The Kier molecular flexibility index (Phi) is 12.4. The lowest BCUT2D eigenvalue weighted by Crippen LogP contribution is -2.23. The summed E-state index contributed by atoms with van der Waals surface area (Å²) < 4.78 is 0. The second-order valence-electron chi connectivity index (χ2n) is 15.2. The highest BCUT2D eigenvalue weighted by atomic mass is 16.2. The van der Waals surface area contributed by atoms with Crippen LogP contribution < -0.4 is 21.3 Å². The molecule has 1 aromatic heterocycles. The highest BCUT2D eigenvalue weighted by Gasteiger charge is 2.23. The number of benzene rings is 8. The van der Waals surface area contributed by atoms with E-state index in [4.69, 9.17) is 0 Å². The van der Waals surface area contributed by atoms with Crippen LogP contribution in [0.15, 0.2) is 218 Å². The maximum Gasteiger partial charge on any atom is 0.256 e. The maximum absolute atomic E-state index is 14.0. The topological polar surface area (TPSA) is 142 Å². The Hall–Kier alpha value is -9.28. The number of nitrogens with one attached hydrogen (secondary N) is 4. The van der Waals surface area contributed by atoms with Crippen molar-refractivity contribution >= 4 is 46.9 Å². The fourth-order valence-electron chi connectivity index (χ4n) is 7.28. The van der Waals surface area contributed by atoms with Gasteiger partial charge in [0.1, 0.15) is 0 Å². The molecule has 4 N–H and O–H groups in total. The van der Waals surface area contributed by atoms with E-state index in [1.807, 2.05) is 170 Å². The summed E-state index contributed by atoms with van der Waals surface area (Å²) in [6, 6.07) is 67.1. The van der Waals surface area contributed by atoms with Gasteiger partial charge in [-0.05, 0) is 93.0 Å². The molecule has 0 unspecified atom stereocenters. The third-order valence-corrected chi connectivity index (χ3v) is 10.8. The van der Waals surface area contributed by atoms with Gasteiger partial charge >= 0.3 is 0 Å². The van der Waals surface area contributed by atoms with E-state index in [9.17, 15) is 19.2 Å². The van der Waals surface area contributed by atoms with E-state index >= 15 is 0 Å². The van der Waals surface area contributed by atoms with Crippen LogP contribution >= 0.6 is 0 Å². The molecule has 0 saturated heterocycles. The van der Waals surface area contributed by atoms with Crippen LogP contribution in [-0.2, 0) is 0 Å². The Bertz CT molecular complexity index is 2720. The molecule has 0 fully saturated rings. The number of aromatic nitrogens is 2. The standard InChI is InChI=1S/C56H40N6O4/c63-53(45-29-21-41(22-30-45)37-13-5-1-6-14-37)59-49-50(60-54(64)46-31-23-42(24-32-46)38-15-7-2-8-16-38)58-52(62-56(66)48-35-27-44(28-36-48)40-19-11-4-12-20-40)51(57-49)61-55(65)47-33-25-43(26-34-47)39-17-9-3-10-18-39/h1-36H,(H2,57,59,61,63,65)(H2,58,60,62,64,66). The van der Waals surface area contributed by atoms with Gasteiger partial charge in [0.2, 0.25) is 0 Å². The van der Waals surface area contributed by atoms with Gasteiger partial charge in [-0.15, -0.1) is 0 Å². The zero-order valence-corrected chi connectivity index (χ0v) is 35.3. The molecule has 0 bridgehead atoms. The summed E-state index contributed by atoms with van der Waals surface area (Å²) in [5.74, 6) is -2.96. The maximum atomic E-state index is 14.0. The monoisotopic (exact) mass is 860 g/mol. The molecule has 318 valence electrons. The van der Waals surface area contributed by atoms with Crippen molar-refractivity contribution in [2.75, 3.05) is 21.3 Å². The Morgan fingerprint density at radius 3 is 0.576 bits per heavy atom. The molecule has 10 nitrogen and oxygen atoms in total. The zero-order valence-electron chi connectivity index (χ0n) is 35.3. The fraction of sp³-hybridized carbons (Fsp3) is 0. The second kappa shape index (κ2) is 19.4. The van der Waals surface area contributed by atoms with Gasteiger partial charge in [-0.2, -0.15) is 0 Å². The van der Waals surface area contributed by atoms with Crippen molar-refractivity contribution in [2.24, 2.45) is 0 Å². The molecule has 0 spiro atoms. The minimum Gasteiger partial charge on any atom is -0.303 e. The molecule has 10 heteroatoms. The van der Waals surface area contributed by atoms with Crippen LogP contribution in [0, 0.1) is 0 Å². The van der Waals surface area contributed by atoms with Gasteiger partial charge < -0.3 is 21.3 Å². The number of amides is 4. The highest BCUT2D eigenvalue weighted by Crippen LogP contribution is 2.30. The Morgan fingerprint density at radius 2 is 0.394 bits per heavy atom. The molecule has 0 aliphatic rings. The number of hydrogen-bond donors (Lipinski definition) is 4. The lowest BCUT2D eigenvalue weighted by molar-refractivity contribution is 0.101. The van der Waals surface area contributed by atoms with Crippen LogP contribution in [0.2, 0.25) is 0 Å². The average Bonchev–Trinajstić information content (AvgIpc) is 3.38. The molecule has 4 amide bonds. The molecule has 0 aliphatic carbocycles. The normalized spacial score (nSPS) is 10.7. The summed E-state index contributed by atoms with van der Waals surface area (Å²) in [4.78, 5) is 65.3. The number of nitrogens with zero attached hydrogens (tertiary/aromatic N) is 2. The van der Waals surface area contributed by atoms with Crippen molar-refractivity contribution in [3.8, 4) is 44.5 Å².